The first-order chi connectivity index (χ1) is 16.2. The number of urea groups is 1. The van der Waals surface area contributed by atoms with Crippen molar-refractivity contribution in [2.45, 2.75) is 65.8 Å². The third-order valence-corrected chi connectivity index (χ3v) is 4.85. The number of amides is 4. The number of carbonyl (C=O) groups is 3. The molecule has 0 unspecified atom stereocenters. The summed E-state index contributed by atoms with van der Waals surface area (Å²) in [7, 11) is 0. The van der Waals surface area contributed by atoms with Crippen LogP contribution in [0.4, 0.5) is 25.8 Å². The maximum atomic E-state index is 13.0. The molecule has 9 nitrogen and oxygen atoms in total. The van der Waals surface area contributed by atoms with Gasteiger partial charge in [-0.2, -0.15) is 0 Å². The molecular formula is C25H34N4O5S. The Morgan fingerprint density at radius 2 is 1.46 bits per heavy atom. The van der Waals surface area contributed by atoms with Gasteiger partial charge in [0.25, 0.3) is 0 Å². The quantitative estimate of drug-likeness (QED) is 0.437. The molecule has 0 aliphatic carbocycles. The van der Waals surface area contributed by atoms with Crippen molar-refractivity contribution >= 4 is 42.4 Å². The van der Waals surface area contributed by atoms with Crippen LogP contribution in [-0.2, 0) is 22.6 Å². The van der Waals surface area contributed by atoms with Crippen molar-refractivity contribution in [1.82, 2.24) is 4.90 Å². The van der Waals surface area contributed by atoms with E-state index in [1.807, 2.05) is 30.3 Å². The van der Waals surface area contributed by atoms with E-state index >= 15 is 0 Å². The Morgan fingerprint density at radius 1 is 0.914 bits per heavy atom. The summed E-state index contributed by atoms with van der Waals surface area (Å²) in [5.41, 5.74) is 6.27. The number of hydrogen-bond acceptors (Lipinski definition) is 7. The number of primary amides is 1. The first-order valence-electron chi connectivity index (χ1n) is 11.1. The summed E-state index contributed by atoms with van der Waals surface area (Å²) in [4.78, 5) is 38.5. The van der Waals surface area contributed by atoms with E-state index in [4.69, 9.17) is 15.2 Å². The van der Waals surface area contributed by atoms with Crippen molar-refractivity contribution in [1.29, 1.82) is 0 Å². The van der Waals surface area contributed by atoms with Gasteiger partial charge in [0.15, 0.2) is 0 Å². The fourth-order valence-corrected chi connectivity index (χ4v) is 3.07. The van der Waals surface area contributed by atoms with Crippen LogP contribution in [-0.4, -0.2) is 34.3 Å². The Balaban J connectivity index is 2.45. The van der Waals surface area contributed by atoms with Crippen molar-refractivity contribution < 1.29 is 23.9 Å². The number of hydrogen-bond donors (Lipinski definition) is 3. The average Bonchev–Trinajstić information content (AvgIpc) is 2.73. The second kappa shape index (κ2) is 11.4. The van der Waals surface area contributed by atoms with Crippen LogP contribution in [0.5, 0.6) is 0 Å². The molecular weight excluding hydrogens is 468 g/mol. The first-order valence-corrected chi connectivity index (χ1v) is 11.5. The number of nitrogens with two attached hydrogens (primary N) is 1. The summed E-state index contributed by atoms with van der Waals surface area (Å²) in [5.74, 6) is 0. The second-order valence-electron chi connectivity index (χ2n) is 9.88. The van der Waals surface area contributed by atoms with E-state index in [-0.39, 0.29) is 6.54 Å². The Labute approximate surface area is 212 Å². The topological polar surface area (TPSA) is 114 Å². The van der Waals surface area contributed by atoms with Gasteiger partial charge in [0, 0.05) is 12.2 Å². The van der Waals surface area contributed by atoms with Crippen LogP contribution < -0.4 is 15.4 Å². The first kappa shape index (κ1) is 27.8. The Bertz CT molecular complexity index is 1020. The lowest BCUT2D eigenvalue weighted by Crippen LogP contribution is -2.43. The van der Waals surface area contributed by atoms with Gasteiger partial charge in [0.2, 0.25) is 0 Å². The van der Waals surface area contributed by atoms with Gasteiger partial charge in [0.1, 0.15) is 11.2 Å². The van der Waals surface area contributed by atoms with Gasteiger partial charge in [-0.15, -0.1) is 0 Å². The van der Waals surface area contributed by atoms with Crippen LogP contribution in [0.1, 0.15) is 52.7 Å². The monoisotopic (exact) mass is 502 g/mol. The van der Waals surface area contributed by atoms with E-state index in [1.165, 1.54) is 0 Å². The van der Waals surface area contributed by atoms with Crippen LogP contribution >= 0.6 is 12.8 Å². The van der Waals surface area contributed by atoms with E-state index in [9.17, 15) is 14.4 Å². The molecule has 4 amide bonds. The molecule has 3 N–H and O–H groups in total. The molecule has 35 heavy (non-hydrogen) atoms. The maximum absolute atomic E-state index is 13.0. The predicted molar refractivity (Wildman–Crippen MR) is 139 cm³/mol. The molecule has 0 aliphatic heterocycles. The molecule has 0 saturated heterocycles. The maximum Gasteiger partial charge on any atom is 0.420 e. The lowest BCUT2D eigenvalue weighted by atomic mass is 10.1. The number of nitrogens with zero attached hydrogens (tertiary/aromatic N) is 2. The molecule has 0 spiro atoms. The Kier molecular flexibility index (Phi) is 9.03. The van der Waals surface area contributed by atoms with Crippen molar-refractivity contribution in [2.24, 2.45) is 5.73 Å². The molecule has 2 aromatic rings. The standard InChI is InChI=1S/C25H34N4O5S/c1-24(2,3)33-22(31)28(23(32)34-25(4,5)6)16-18-14-19(29(35)21(26)30)12-13-20(18)27-15-17-10-8-7-9-11-17/h7-14,27,35H,15-16H2,1-6H3,(H2,26,30). The Hall–Kier alpha value is -3.40. The zero-order valence-electron chi connectivity index (χ0n) is 21.0. The van der Waals surface area contributed by atoms with Gasteiger partial charge >= 0.3 is 18.2 Å². The smallest absolute Gasteiger partial charge is 0.420 e. The molecule has 0 radical (unpaired) electrons. The van der Waals surface area contributed by atoms with Crippen molar-refractivity contribution in [2.75, 3.05) is 9.62 Å². The lowest BCUT2D eigenvalue weighted by molar-refractivity contribution is -0.000215. The molecule has 0 aliphatic rings. The van der Waals surface area contributed by atoms with Gasteiger partial charge in [-0.25, -0.2) is 23.6 Å². The number of imide groups is 1. The van der Waals surface area contributed by atoms with E-state index in [2.05, 4.69) is 18.1 Å². The number of thiol groups is 1. The summed E-state index contributed by atoms with van der Waals surface area (Å²) >= 11 is 4.13. The highest BCUT2D eigenvalue weighted by atomic mass is 32.1. The summed E-state index contributed by atoms with van der Waals surface area (Å²) < 4.78 is 11.9. The largest absolute Gasteiger partial charge is 0.443 e. The van der Waals surface area contributed by atoms with Crippen molar-refractivity contribution in [3.8, 4) is 0 Å². The third kappa shape index (κ3) is 9.05. The van der Waals surface area contributed by atoms with Crippen LogP contribution in [0.2, 0.25) is 0 Å². The van der Waals surface area contributed by atoms with Crippen LogP contribution in [0.3, 0.4) is 0 Å². The molecule has 10 heteroatoms. The highest BCUT2D eigenvalue weighted by Gasteiger charge is 2.32. The number of benzene rings is 2. The number of ether oxygens (including phenoxy) is 2. The highest BCUT2D eigenvalue weighted by Crippen LogP contribution is 2.28. The average molecular weight is 503 g/mol. The van der Waals surface area contributed by atoms with E-state index in [1.54, 1.807) is 59.7 Å². The number of rotatable bonds is 6. The SMILES string of the molecule is CC(C)(C)OC(=O)N(Cc1cc(N(S)C(N)=O)ccc1NCc1ccccc1)C(=O)OC(C)(C)C. The fraction of sp³-hybridized carbons (Fsp3) is 0.400. The lowest BCUT2D eigenvalue weighted by Gasteiger charge is -2.29. The second-order valence-corrected chi connectivity index (χ2v) is 10.3. The molecule has 0 heterocycles. The van der Waals surface area contributed by atoms with Gasteiger partial charge in [-0.3, -0.25) is 0 Å². The van der Waals surface area contributed by atoms with Gasteiger partial charge < -0.3 is 20.5 Å². The van der Waals surface area contributed by atoms with Crippen LogP contribution in [0.25, 0.3) is 0 Å². The fourth-order valence-electron chi connectivity index (χ4n) is 2.94. The minimum atomic E-state index is -0.858. The van der Waals surface area contributed by atoms with Crippen LogP contribution in [0, 0.1) is 0 Å². The minimum absolute atomic E-state index is 0.185. The number of carbonyl (C=O) groups excluding carboxylic acids is 3. The summed E-state index contributed by atoms with van der Waals surface area (Å²) in [6.45, 7) is 10.5. The summed E-state index contributed by atoms with van der Waals surface area (Å²) in [6, 6.07) is 13.9. The zero-order chi connectivity index (χ0) is 26.4. The molecule has 0 saturated carbocycles. The molecule has 0 atom stereocenters. The van der Waals surface area contributed by atoms with E-state index in [0.717, 1.165) is 14.8 Å². The van der Waals surface area contributed by atoms with Gasteiger partial charge in [-0.1, -0.05) is 43.1 Å². The number of nitrogens with one attached hydrogen (secondary N) is 1. The summed E-state index contributed by atoms with van der Waals surface area (Å²) in [6.07, 6.45) is -1.72. The zero-order valence-corrected chi connectivity index (χ0v) is 21.9. The van der Waals surface area contributed by atoms with Crippen molar-refractivity contribution in [3.05, 3.63) is 59.7 Å². The highest BCUT2D eigenvalue weighted by molar-refractivity contribution is 7.82. The van der Waals surface area contributed by atoms with Gasteiger partial charge in [0.05, 0.1) is 12.2 Å². The molecule has 0 bridgehead atoms. The number of anilines is 2. The molecule has 190 valence electrons. The molecule has 2 rings (SSSR count). The normalized spacial score (nSPS) is 11.4. The van der Waals surface area contributed by atoms with E-state index in [0.29, 0.717) is 23.5 Å². The van der Waals surface area contributed by atoms with Crippen molar-refractivity contribution in [3.63, 3.8) is 0 Å². The molecule has 0 fully saturated rings. The third-order valence-electron chi connectivity index (χ3n) is 4.42. The van der Waals surface area contributed by atoms with E-state index < -0.39 is 29.4 Å². The van der Waals surface area contributed by atoms with Crippen LogP contribution in [0.15, 0.2) is 48.5 Å². The minimum Gasteiger partial charge on any atom is -0.443 e. The molecule has 0 aromatic heterocycles. The summed E-state index contributed by atoms with van der Waals surface area (Å²) in [5, 5.41) is 3.31. The van der Waals surface area contributed by atoms with Gasteiger partial charge in [-0.05, 0) is 70.9 Å². The predicted octanol–water partition coefficient (Wildman–Crippen LogP) is 5.70. The Morgan fingerprint density at radius 3 is 1.94 bits per heavy atom. The molecule has 2 aromatic carbocycles.